The summed E-state index contributed by atoms with van der Waals surface area (Å²) in [4.78, 5) is 0. The zero-order chi connectivity index (χ0) is 15.4. The van der Waals surface area contributed by atoms with Crippen LogP contribution in [-0.4, -0.2) is 0 Å². The van der Waals surface area contributed by atoms with Crippen LogP contribution in [0, 0.1) is 18.7 Å². The molecule has 0 bridgehead atoms. The highest BCUT2D eigenvalue weighted by Crippen LogP contribution is 2.26. The summed E-state index contributed by atoms with van der Waals surface area (Å²) in [6.45, 7) is 6.31. The Bertz CT molecular complexity index is 608. The van der Waals surface area contributed by atoms with E-state index in [1.165, 1.54) is 17.7 Å². The van der Waals surface area contributed by atoms with Gasteiger partial charge in [-0.3, -0.25) is 5.84 Å². The van der Waals surface area contributed by atoms with Gasteiger partial charge in [0.15, 0.2) is 0 Å². The van der Waals surface area contributed by atoms with Crippen LogP contribution in [-0.2, 0) is 6.42 Å². The second-order valence-corrected chi connectivity index (χ2v) is 5.94. The normalized spacial score (nSPS) is 12.7. The smallest absolute Gasteiger partial charge is 0.123 e. The van der Waals surface area contributed by atoms with Gasteiger partial charge in [0.05, 0.1) is 6.04 Å². The van der Waals surface area contributed by atoms with E-state index in [0.29, 0.717) is 5.92 Å². The van der Waals surface area contributed by atoms with E-state index in [1.807, 2.05) is 6.92 Å². The Labute approximate surface area is 126 Å². The monoisotopic (exact) mass is 286 g/mol. The van der Waals surface area contributed by atoms with Gasteiger partial charge in [-0.2, -0.15) is 0 Å². The predicted octanol–water partition coefficient (Wildman–Crippen LogP) is 3.89. The molecule has 0 saturated carbocycles. The molecule has 0 saturated heterocycles. The fraction of sp³-hybridized carbons (Fsp3) is 0.333. The number of nitrogens with one attached hydrogen (secondary N) is 1. The molecule has 1 atom stereocenters. The highest BCUT2D eigenvalue weighted by atomic mass is 19.1. The number of aryl methyl sites for hydroxylation is 1. The third-order valence-electron chi connectivity index (χ3n) is 3.64. The van der Waals surface area contributed by atoms with Gasteiger partial charge < -0.3 is 0 Å². The lowest BCUT2D eigenvalue weighted by Crippen LogP contribution is -2.29. The van der Waals surface area contributed by atoms with E-state index in [2.05, 4.69) is 43.5 Å². The molecule has 1 unspecified atom stereocenters. The summed E-state index contributed by atoms with van der Waals surface area (Å²) in [6, 6.07) is 13.1. The van der Waals surface area contributed by atoms with Crippen molar-refractivity contribution in [2.45, 2.75) is 33.2 Å². The van der Waals surface area contributed by atoms with E-state index in [1.54, 1.807) is 6.07 Å². The molecule has 0 fully saturated rings. The van der Waals surface area contributed by atoms with E-state index in [4.69, 9.17) is 5.84 Å². The van der Waals surface area contributed by atoms with Crippen molar-refractivity contribution in [3.63, 3.8) is 0 Å². The minimum Gasteiger partial charge on any atom is -0.271 e. The van der Waals surface area contributed by atoms with Crippen LogP contribution in [0.3, 0.4) is 0 Å². The maximum Gasteiger partial charge on any atom is 0.123 e. The summed E-state index contributed by atoms with van der Waals surface area (Å²) in [7, 11) is 0. The molecule has 3 N–H and O–H groups in total. The minimum absolute atomic E-state index is 0.127. The Morgan fingerprint density at radius 3 is 2.52 bits per heavy atom. The second kappa shape index (κ2) is 6.83. The lowest BCUT2D eigenvalue weighted by atomic mass is 9.93. The first-order valence-electron chi connectivity index (χ1n) is 7.32. The molecule has 2 nitrogen and oxygen atoms in total. The van der Waals surface area contributed by atoms with Gasteiger partial charge in [0.2, 0.25) is 0 Å². The van der Waals surface area contributed by atoms with E-state index in [9.17, 15) is 4.39 Å². The molecule has 0 spiro atoms. The number of hydrazine groups is 1. The fourth-order valence-corrected chi connectivity index (χ4v) is 2.70. The summed E-state index contributed by atoms with van der Waals surface area (Å²) >= 11 is 0. The van der Waals surface area contributed by atoms with Gasteiger partial charge in [-0.05, 0) is 53.6 Å². The summed E-state index contributed by atoms with van der Waals surface area (Å²) in [6.07, 6.45) is 1.04. The maximum atomic E-state index is 13.3. The van der Waals surface area contributed by atoms with Crippen molar-refractivity contribution in [2.24, 2.45) is 11.8 Å². The molecule has 0 aromatic heterocycles. The Morgan fingerprint density at radius 2 is 1.90 bits per heavy atom. The standard InChI is InChI=1S/C18H23FN2/c1-12(2)9-14-5-4-6-15(11-14)18(21-20)17-8-7-16(19)10-13(17)3/h4-8,10-12,18,21H,9,20H2,1-3H3. The van der Waals surface area contributed by atoms with Crippen LogP contribution in [0.25, 0.3) is 0 Å². The molecule has 112 valence electrons. The van der Waals surface area contributed by atoms with Crippen LogP contribution < -0.4 is 11.3 Å². The highest BCUT2D eigenvalue weighted by Gasteiger charge is 2.15. The molecule has 3 heteroatoms. The van der Waals surface area contributed by atoms with E-state index in [-0.39, 0.29) is 11.9 Å². The van der Waals surface area contributed by atoms with E-state index in [0.717, 1.165) is 23.1 Å². The fourth-order valence-electron chi connectivity index (χ4n) is 2.70. The topological polar surface area (TPSA) is 38.0 Å². The molecule has 0 aliphatic rings. The van der Waals surface area contributed by atoms with Crippen molar-refractivity contribution in [3.8, 4) is 0 Å². The third-order valence-corrected chi connectivity index (χ3v) is 3.64. The zero-order valence-electron chi connectivity index (χ0n) is 12.9. The molecular weight excluding hydrogens is 263 g/mol. The Balaban J connectivity index is 2.37. The van der Waals surface area contributed by atoms with Gasteiger partial charge in [-0.1, -0.05) is 44.2 Å². The van der Waals surface area contributed by atoms with Crippen LogP contribution in [0.4, 0.5) is 4.39 Å². The lowest BCUT2D eigenvalue weighted by molar-refractivity contribution is 0.610. The number of hydrogen-bond donors (Lipinski definition) is 2. The number of halogens is 1. The quantitative estimate of drug-likeness (QED) is 0.646. The van der Waals surface area contributed by atoms with Crippen LogP contribution in [0.1, 0.15) is 42.1 Å². The van der Waals surface area contributed by atoms with Crippen LogP contribution in [0.15, 0.2) is 42.5 Å². The Kier molecular flexibility index (Phi) is 5.10. The van der Waals surface area contributed by atoms with Crippen molar-refractivity contribution < 1.29 is 4.39 Å². The average molecular weight is 286 g/mol. The van der Waals surface area contributed by atoms with Gasteiger partial charge in [0.25, 0.3) is 0 Å². The largest absolute Gasteiger partial charge is 0.271 e. The van der Waals surface area contributed by atoms with Gasteiger partial charge in [-0.15, -0.1) is 0 Å². The average Bonchev–Trinajstić information content (AvgIpc) is 2.41. The van der Waals surface area contributed by atoms with Gasteiger partial charge in [0, 0.05) is 0 Å². The molecule has 0 amide bonds. The van der Waals surface area contributed by atoms with Crippen LogP contribution in [0.2, 0.25) is 0 Å². The summed E-state index contributed by atoms with van der Waals surface area (Å²) < 4.78 is 13.3. The molecule has 2 aromatic carbocycles. The van der Waals surface area contributed by atoms with Crippen molar-refractivity contribution in [1.29, 1.82) is 0 Å². The molecule has 21 heavy (non-hydrogen) atoms. The van der Waals surface area contributed by atoms with Gasteiger partial charge in [-0.25, -0.2) is 9.82 Å². The second-order valence-electron chi connectivity index (χ2n) is 5.94. The van der Waals surface area contributed by atoms with Crippen molar-refractivity contribution >= 4 is 0 Å². The third kappa shape index (κ3) is 3.90. The van der Waals surface area contributed by atoms with E-state index < -0.39 is 0 Å². The first-order valence-corrected chi connectivity index (χ1v) is 7.32. The molecule has 0 radical (unpaired) electrons. The van der Waals surface area contributed by atoms with Crippen molar-refractivity contribution in [2.75, 3.05) is 0 Å². The molecule has 0 heterocycles. The van der Waals surface area contributed by atoms with E-state index >= 15 is 0 Å². The zero-order valence-corrected chi connectivity index (χ0v) is 12.9. The number of benzene rings is 2. The summed E-state index contributed by atoms with van der Waals surface area (Å²) in [5, 5.41) is 0. The number of rotatable bonds is 5. The SMILES string of the molecule is Cc1cc(F)ccc1C(NN)c1cccc(CC(C)C)c1. The minimum atomic E-state index is -0.222. The molecule has 0 aliphatic heterocycles. The van der Waals surface area contributed by atoms with Gasteiger partial charge in [0.1, 0.15) is 5.82 Å². The predicted molar refractivity (Wildman–Crippen MR) is 85.3 cm³/mol. The molecule has 2 aromatic rings. The Hall–Kier alpha value is -1.71. The summed E-state index contributed by atoms with van der Waals surface area (Å²) in [5.41, 5.74) is 7.15. The van der Waals surface area contributed by atoms with Crippen molar-refractivity contribution in [3.05, 3.63) is 70.5 Å². The van der Waals surface area contributed by atoms with Crippen LogP contribution >= 0.6 is 0 Å². The number of nitrogens with two attached hydrogens (primary N) is 1. The first-order chi connectivity index (χ1) is 10.0. The van der Waals surface area contributed by atoms with Gasteiger partial charge >= 0.3 is 0 Å². The number of hydrogen-bond acceptors (Lipinski definition) is 2. The lowest BCUT2D eigenvalue weighted by Gasteiger charge is -2.20. The Morgan fingerprint density at radius 1 is 1.14 bits per heavy atom. The maximum absolute atomic E-state index is 13.3. The summed E-state index contributed by atoms with van der Waals surface area (Å²) in [5.74, 6) is 6.14. The van der Waals surface area contributed by atoms with Crippen LogP contribution in [0.5, 0.6) is 0 Å². The van der Waals surface area contributed by atoms with Crippen molar-refractivity contribution in [1.82, 2.24) is 5.43 Å². The molecular formula is C18H23FN2. The molecule has 2 rings (SSSR count). The highest BCUT2D eigenvalue weighted by molar-refractivity contribution is 5.38. The molecule has 0 aliphatic carbocycles. The first kappa shape index (κ1) is 15.7.